The van der Waals surface area contributed by atoms with Crippen LogP contribution in [0.25, 0.3) is 17.5 Å². The number of ether oxygens (including phenoxy) is 1. The number of aliphatic carboxylic acids is 1. The third-order valence-corrected chi connectivity index (χ3v) is 6.28. The van der Waals surface area contributed by atoms with Crippen molar-refractivity contribution in [3.8, 4) is 23.3 Å². The molecule has 10 heteroatoms. The van der Waals surface area contributed by atoms with E-state index in [1.807, 2.05) is 6.07 Å². The second kappa shape index (κ2) is 11.2. The van der Waals surface area contributed by atoms with Crippen molar-refractivity contribution in [3.05, 3.63) is 97.8 Å². The average Bonchev–Trinajstić information content (AvgIpc) is 3.32. The van der Waals surface area contributed by atoms with Gasteiger partial charge in [-0.3, -0.25) is 0 Å². The van der Waals surface area contributed by atoms with E-state index in [-0.39, 0.29) is 22.6 Å². The first-order chi connectivity index (χ1) is 16.9. The summed E-state index contributed by atoms with van der Waals surface area (Å²) < 4.78 is 12.3. The monoisotopic (exact) mass is 567 g/mol. The maximum absolute atomic E-state index is 12.0. The average molecular weight is 569 g/mol. The van der Waals surface area contributed by atoms with E-state index in [9.17, 15) is 15.2 Å². The van der Waals surface area contributed by atoms with E-state index in [1.165, 1.54) is 6.08 Å². The Hall–Kier alpha value is -3.58. The Morgan fingerprint density at radius 1 is 1.17 bits per heavy atom. The number of nitriles is 1. The molecule has 4 rings (SSSR count). The number of nitrogens with zero attached hydrogens (tertiary/aromatic N) is 3. The van der Waals surface area contributed by atoms with Crippen LogP contribution in [-0.4, -0.2) is 21.3 Å². The zero-order chi connectivity index (χ0) is 24.8. The largest absolute Gasteiger partial charge is 0.488 e. The number of halogens is 2. The lowest BCUT2D eigenvalue weighted by molar-refractivity contribution is -0.131. The molecule has 0 bridgehead atoms. The Bertz CT molecular complexity index is 1450. The molecule has 4 aromatic rings. The van der Waals surface area contributed by atoms with E-state index in [1.54, 1.807) is 60.7 Å². The van der Waals surface area contributed by atoms with Gasteiger partial charge >= 0.3 is 5.97 Å². The van der Waals surface area contributed by atoms with Crippen molar-refractivity contribution >= 4 is 51.3 Å². The first-order valence-electron chi connectivity index (χ1n) is 10.1. The summed E-state index contributed by atoms with van der Waals surface area (Å²) in [5, 5.41) is 27.7. The third-order valence-electron chi connectivity index (χ3n) is 4.69. The van der Waals surface area contributed by atoms with E-state index < -0.39 is 5.97 Å². The van der Waals surface area contributed by atoms with Crippen molar-refractivity contribution in [2.45, 2.75) is 11.8 Å². The van der Waals surface area contributed by atoms with Gasteiger partial charge < -0.3 is 14.3 Å². The molecule has 0 radical (unpaired) electrons. The summed E-state index contributed by atoms with van der Waals surface area (Å²) in [6.07, 6.45) is 1.47. The van der Waals surface area contributed by atoms with E-state index in [2.05, 4.69) is 32.2 Å². The molecule has 0 saturated carbocycles. The molecule has 0 aliphatic rings. The number of carboxylic acids is 1. The number of hydrogen-bond acceptors (Lipinski definition) is 7. The lowest BCUT2D eigenvalue weighted by atomic mass is 10.1. The SMILES string of the molecule is N#Cc1ccccc1COc1ccc(Br)cc1/C=C(\Sc1nnc(-c2ccc(Cl)cc2)o1)C(=O)O. The van der Waals surface area contributed by atoms with Gasteiger partial charge in [-0.25, -0.2) is 4.79 Å². The first-order valence-corrected chi connectivity index (χ1v) is 12.0. The van der Waals surface area contributed by atoms with Gasteiger partial charge in [0.1, 0.15) is 17.3 Å². The number of aromatic nitrogens is 2. The predicted molar refractivity (Wildman–Crippen MR) is 136 cm³/mol. The zero-order valence-corrected chi connectivity index (χ0v) is 21.0. The normalized spacial score (nSPS) is 11.2. The van der Waals surface area contributed by atoms with Crippen molar-refractivity contribution in [1.82, 2.24) is 10.2 Å². The molecule has 0 unspecified atom stereocenters. The highest BCUT2D eigenvalue weighted by Crippen LogP contribution is 2.33. The number of rotatable bonds is 8. The van der Waals surface area contributed by atoms with Gasteiger partial charge in [-0.05, 0) is 66.4 Å². The topological polar surface area (TPSA) is 109 Å². The Balaban J connectivity index is 1.59. The van der Waals surface area contributed by atoms with Gasteiger partial charge in [0.2, 0.25) is 5.89 Å². The van der Waals surface area contributed by atoms with Gasteiger partial charge in [-0.2, -0.15) is 5.26 Å². The molecule has 35 heavy (non-hydrogen) atoms. The lowest BCUT2D eigenvalue weighted by Crippen LogP contribution is -2.01. The number of carbonyl (C=O) groups is 1. The van der Waals surface area contributed by atoms with Crippen LogP contribution in [0, 0.1) is 11.3 Å². The summed E-state index contributed by atoms with van der Waals surface area (Å²) in [6, 6.07) is 21.4. The maximum Gasteiger partial charge on any atom is 0.342 e. The molecule has 0 amide bonds. The predicted octanol–water partition coefficient (Wildman–Crippen LogP) is 6.82. The fourth-order valence-electron chi connectivity index (χ4n) is 3.00. The number of thioether (sulfide) groups is 1. The molecule has 0 spiro atoms. The van der Waals surface area contributed by atoms with Crippen molar-refractivity contribution < 1.29 is 19.1 Å². The minimum atomic E-state index is -1.16. The van der Waals surface area contributed by atoms with Crippen molar-refractivity contribution in [2.75, 3.05) is 0 Å². The number of hydrogen-bond donors (Lipinski definition) is 1. The fourth-order valence-corrected chi connectivity index (χ4v) is 4.17. The van der Waals surface area contributed by atoms with E-state index >= 15 is 0 Å². The number of carboxylic acid groups (broad SMARTS) is 1. The van der Waals surface area contributed by atoms with Crippen LogP contribution >= 0.6 is 39.3 Å². The van der Waals surface area contributed by atoms with Gasteiger partial charge in [0.05, 0.1) is 11.6 Å². The lowest BCUT2D eigenvalue weighted by Gasteiger charge is -2.11. The van der Waals surface area contributed by atoms with Crippen LogP contribution in [0.4, 0.5) is 0 Å². The van der Waals surface area contributed by atoms with Crippen molar-refractivity contribution in [1.29, 1.82) is 5.26 Å². The molecular weight excluding hydrogens is 554 g/mol. The Labute approximate surface area is 218 Å². The van der Waals surface area contributed by atoms with Crippen molar-refractivity contribution in [3.63, 3.8) is 0 Å². The molecule has 7 nitrogen and oxygen atoms in total. The highest BCUT2D eigenvalue weighted by atomic mass is 79.9. The third kappa shape index (κ3) is 6.31. The Morgan fingerprint density at radius 2 is 1.94 bits per heavy atom. The van der Waals surface area contributed by atoms with Crippen LogP contribution in [0.3, 0.4) is 0 Å². The van der Waals surface area contributed by atoms with Crippen LogP contribution in [-0.2, 0) is 11.4 Å². The number of benzene rings is 3. The Kier molecular flexibility index (Phi) is 7.87. The minimum absolute atomic E-state index is 0.0447. The van der Waals surface area contributed by atoms with Gasteiger partial charge in [0, 0.05) is 26.2 Å². The Morgan fingerprint density at radius 3 is 2.69 bits per heavy atom. The van der Waals surface area contributed by atoms with Crippen LogP contribution in [0.15, 0.2) is 85.7 Å². The molecule has 3 aromatic carbocycles. The standard InChI is InChI=1S/C25H15BrClN3O4S/c26-19-7-10-21(33-14-17-4-2-1-3-16(17)13-28)18(11-19)12-22(24(31)32)35-25-30-29-23(34-25)15-5-8-20(27)9-6-15/h1-12H,14H2,(H,31,32)/b22-12-. The van der Waals surface area contributed by atoms with E-state index in [0.717, 1.165) is 21.8 Å². The summed E-state index contributed by atoms with van der Waals surface area (Å²) in [4.78, 5) is 12.0. The van der Waals surface area contributed by atoms with Crippen molar-refractivity contribution in [2.24, 2.45) is 0 Å². The molecule has 0 aliphatic carbocycles. The highest BCUT2D eigenvalue weighted by Gasteiger charge is 2.17. The molecule has 0 fully saturated rings. The van der Waals surface area contributed by atoms with Gasteiger partial charge in [-0.15, -0.1) is 10.2 Å². The molecule has 1 aromatic heterocycles. The van der Waals surface area contributed by atoms with E-state index in [4.69, 9.17) is 20.8 Å². The summed E-state index contributed by atoms with van der Waals surface area (Å²) >= 11 is 10.1. The van der Waals surface area contributed by atoms with Gasteiger partial charge in [-0.1, -0.05) is 45.7 Å². The summed E-state index contributed by atoms with van der Waals surface area (Å²) in [6.45, 7) is 0.149. The fraction of sp³-hybridized carbons (Fsp3) is 0.0400. The summed E-state index contributed by atoms with van der Waals surface area (Å²) in [7, 11) is 0. The first kappa shape index (κ1) is 24.5. The highest BCUT2D eigenvalue weighted by molar-refractivity contribution is 9.10. The van der Waals surface area contributed by atoms with Crippen LogP contribution in [0.1, 0.15) is 16.7 Å². The van der Waals surface area contributed by atoms with Crippen LogP contribution in [0.2, 0.25) is 5.02 Å². The molecule has 1 N–H and O–H groups in total. The maximum atomic E-state index is 12.0. The molecule has 1 heterocycles. The second-order valence-corrected chi connectivity index (χ2v) is 9.38. The quantitative estimate of drug-likeness (QED) is 0.182. The summed E-state index contributed by atoms with van der Waals surface area (Å²) in [5.41, 5.74) is 2.42. The van der Waals surface area contributed by atoms with Crippen LogP contribution in [0.5, 0.6) is 5.75 Å². The molecule has 0 aliphatic heterocycles. The van der Waals surface area contributed by atoms with E-state index in [0.29, 0.717) is 27.5 Å². The van der Waals surface area contributed by atoms with Gasteiger partial charge in [0.15, 0.2) is 0 Å². The molecule has 174 valence electrons. The second-order valence-electron chi connectivity index (χ2n) is 7.04. The zero-order valence-electron chi connectivity index (χ0n) is 17.8. The summed E-state index contributed by atoms with van der Waals surface area (Å²) in [5.74, 6) is -0.466. The van der Waals surface area contributed by atoms with Crippen LogP contribution < -0.4 is 4.74 Å². The molecule has 0 saturated heterocycles. The minimum Gasteiger partial charge on any atom is -0.488 e. The molecule has 0 atom stereocenters. The molecular formula is C25H15BrClN3O4S. The van der Waals surface area contributed by atoms with Gasteiger partial charge in [0.25, 0.3) is 5.22 Å². The smallest absolute Gasteiger partial charge is 0.342 e.